The topological polar surface area (TPSA) is 52.9 Å². The third kappa shape index (κ3) is 3.57. The Labute approximate surface area is 88.5 Å². The predicted octanol–water partition coefficient (Wildman–Crippen LogP) is 1.69. The second kappa shape index (κ2) is 5.00. The highest BCUT2D eigenvalue weighted by Gasteiger charge is 1.99. The lowest BCUT2D eigenvalue weighted by Crippen LogP contribution is -2.23. The highest BCUT2D eigenvalue weighted by Crippen LogP contribution is 2.19. The van der Waals surface area contributed by atoms with Crippen LogP contribution in [0.5, 0.6) is 0 Å². The van der Waals surface area contributed by atoms with E-state index in [9.17, 15) is 4.79 Å². The molecule has 5 heteroatoms. The molecule has 1 amide bonds. The number of amides is 1. The first-order chi connectivity index (χ1) is 6.22. The fourth-order valence-corrected chi connectivity index (χ4v) is 2.28. The van der Waals surface area contributed by atoms with Crippen LogP contribution in [0.3, 0.4) is 0 Å². The average molecular weight is 259 g/mol. The highest BCUT2D eigenvalue weighted by atomic mass is 79.9. The van der Waals surface area contributed by atoms with Crippen molar-refractivity contribution in [2.75, 3.05) is 6.54 Å². The van der Waals surface area contributed by atoms with Gasteiger partial charge in [0.15, 0.2) is 6.07 Å². The van der Waals surface area contributed by atoms with Crippen LogP contribution in [-0.4, -0.2) is 12.5 Å². The third-order valence-electron chi connectivity index (χ3n) is 1.38. The molecule has 0 saturated heterocycles. The zero-order valence-corrected chi connectivity index (χ0v) is 9.11. The van der Waals surface area contributed by atoms with Crippen LogP contribution in [0.15, 0.2) is 15.9 Å². The number of hydrogen-bond donors (Lipinski definition) is 1. The summed E-state index contributed by atoms with van der Waals surface area (Å²) in [5.41, 5.74) is 0. The normalized spacial score (nSPS) is 9.23. The second-order valence-electron chi connectivity index (χ2n) is 2.35. The Bertz CT molecular complexity index is 342. The van der Waals surface area contributed by atoms with Crippen LogP contribution >= 0.6 is 27.3 Å². The number of carbonyl (C=O) groups excluding carboxylic acids is 1. The van der Waals surface area contributed by atoms with Crippen molar-refractivity contribution in [1.29, 1.82) is 5.26 Å². The molecule has 68 valence electrons. The summed E-state index contributed by atoms with van der Waals surface area (Å²) in [7, 11) is 0. The summed E-state index contributed by atoms with van der Waals surface area (Å²) in [4.78, 5) is 11.7. The number of halogens is 1. The van der Waals surface area contributed by atoms with Crippen molar-refractivity contribution in [1.82, 2.24) is 5.32 Å². The van der Waals surface area contributed by atoms with Crippen LogP contribution < -0.4 is 5.32 Å². The lowest BCUT2D eigenvalue weighted by molar-refractivity contribution is -0.115. The standard InChI is InChI=1S/C8H7BrN2OS/c9-6-3-7(13-5-6)1-2-11-8(12)4-10/h3,5H,1-2H2,(H,11,12). The lowest BCUT2D eigenvalue weighted by Gasteiger charge is -1.96. The Balaban J connectivity index is 2.29. The molecule has 1 aromatic heterocycles. The summed E-state index contributed by atoms with van der Waals surface area (Å²) < 4.78 is 1.05. The third-order valence-corrected chi connectivity index (χ3v) is 3.14. The minimum absolute atomic E-state index is 0.513. The van der Waals surface area contributed by atoms with Gasteiger partial charge in [-0.25, -0.2) is 0 Å². The Hall–Kier alpha value is -0.860. The monoisotopic (exact) mass is 258 g/mol. The van der Waals surface area contributed by atoms with E-state index < -0.39 is 5.91 Å². The van der Waals surface area contributed by atoms with Crippen LogP contribution in [0, 0.1) is 11.3 Å². The molecule has 0 atom stereocenters. The van der Waals surface area contributed by atoms with Gasteiger partial charge in [0.2, 0.25) is 0 Å². The molecule has 0 aliphatic rings. The van der Waals surface area contributed by atoms with Crippen LogP contribution in [0.4, 0.5) is 0 Å². The molecule has 1 N–H and O–H groups in total. The predicted molar refractivity (Wildman–Crippen MR) is 54.3 cm³/mol. The van der Waals surface area contributed by atoms with E-state index in [0.717, 1.165) is 10.9 Å². The molecule has 3 nitrogen and oxygen atoms in total. The van der Waals surface area contributed by atoms with E-state index in [-0.39, 0.29) is 0 Å². The maximum absolute atomic E-state index is 10.5. The van der Waals surface area contributed by atoms with E-state index in [2.05, 4.69) is 21.2 Å². The number of nitriles is 1. The van der Waals surface area contributed by atoms with Gasteiger partial charge in [-0.2, -0.15) is 5.26 Å². The van der Waals surface area contributed by atoms with Crippen molar-refractivity contribution in [2.24, 2.45) is 0 Å². The Morgan fingerprint density at radius 3 is 3.08 bits per heavy atom. The van der Waals surface area contributed by atoms with Crippen LogP contribution in [-0.2, 0) is 11.2 Å². The van der Waals surface area contributed by atoms with Gasteiger partial charge < -0.3 is 5.32 Å². The van der Waals surface area contributed by atoms with E-state index in [1.165, 1.54) is 10.9 Å². The van der Waals surface area contributed by atoms with Gasteiger partial charge in [0.05, 0.1) is 0 Å². The van der Waals surface area contributed by atoms with Crippen molar-refractivity contribution in [3.05, 3.63) is 20.8 Å². The summed E-state index contributed by atoms with van der Waals surface area (Å²) in [6, 6.07) is 3.50. The van der Waals surface area contributed by atoms with E-state index in [1.807, 2.05) is 11.4 Å². The molecule has 0 saturated carbocycles. The van der Waals surface area contributed by atoms with Crippen LogP contribution in [0.1, 0.15) is 4.88 Å². The fraction of sp³-hybridized carbons (Fsp3) is 0.250. The van der Waals surface area contributed by atoms with Gasteiger partial charge in [0, 0.05) is 21.3 Å². The van der Waals surface area contributed by atoms with Gasteiger partial charge >= 0.3 is 5.91 Å². The smallest absolute Gasteiger partial charge is 0.322 e. The highest BCUT2D eigenvalue weighted by molar-refractivity contribution is 9.10. The molecule has 0 bridgehead atoms. The first kappa shape index (κ1) is 10.2. The molecule has 1 aromatic rings. The van der Waals surface area contributed by atoms with E-state index >= 15 is 0 Å². The number of thiophene rings is 1. The summed E-state index contributed by atoms with van der Waals surface area (Å²) in [5, 5.41) is 12.6. The molecular formula is C8H7BrN2OS. The molecule has 1 rings (SSSR count). The number of hydrogen-bond acceptors (Lipinski definition) is 3. The Morgan fingerprint density at radius 1 is 1.77 bits per heavy atom. The van der Waals surface area contributed by atoms with Crippen molar-refractivity contribution in [3.8, 4) is 6.07 Å². The van der Waals surface area contributed by atoms with Gasteiger partial charge in [-0.05, 0) is 28.4 Å². The molecule has 0 fully saturated rings. The number of nitrogens with one attached hydrogen (secondary N) is 1. The first-order valence-corrected chi connectivity index (χ1v) is 5.30. The lowest BCUT2D eigenvalue weighted by atomic mass is 10.3. The van der Waals surface area contributed by atoms with Gasteiger partial charge in [0.1, 0.15) is 0 Å². The first-order valence-electron chi connectivity index (χ1n) is 3.63. The Morgan fingerprint density at radius 2 is 2.54 bits per heavy atom. The SMILES string of the molecule is N#CC(=O)NCCc1cc(Br)cs1. The maximum atomic E-state index is 10.5. The van der Waals surface area contributed by atoms with E-state index in [4.69, 9.17) is 5.26 Å². The van der Waals surface area contributed by atoms with Gasteiger partial charge in [-0.15, -0.1) is 11.3 Å². The van der Waals surface area contributed by atoms with Crippen LogP contribution in [0.2, 0.25) is 0 Å². The molecule has 0 spiro atoms. The minimum Gasteiger partial charge on any atom is -0.343 e. The summed E-state index contributed by atoms with van der Waals surface area (Å²) >= 11 is 4.97. The van der Waals surface area contributed by atoms with Crippen molar-refractivity contribution >= 4 is 33.2 Å². The molecule has 1 heterocycles. The van der Waals surface area contributed by atoms with Crippen molar-refractivity contribution in [2.45, 2.75) is 6.42 Å². The summed E-state index contributed by atoms with van der Waals surface area (Å²) in [6.07, 6.45) is 0.768. The molecule has 0 aliphatic heterocycles. The number of rotatable bonds is 3. The molecule has 0 aromatic carbocycles. The van der Waals surface area contributed by atoms with E-state index in [1.54, 1.807) is 11.3 Å². The van der Waals surface area contributed by atoms with Gasteiger partial charge in [0.25, 0.3) is 0 Å². The number of carbonyl (C=O) groups is 1. The zero-order valence-electron chi connectivity index (χ0n) is 6.71. The van der Waals surface area contributed by atoms with Crippen LogP contribution in [0.25, 0.3) is 0 Å². The molecular weight excluding hydrogens is 252 g/mol. The van der Waals surface area contributed by atoms with Gasteiger partial charge in [-0.1, -0.05) is 0 Å². The summed E-state index contributed by atoms with van der Waals surface area (Å²) in [5.74, 6) is -0.573. The zero-order chi connectivity index (χ0) is 9.68. The molecule has 0 aliphatic carbocycles. The molecule has 0 unspecified atom stereocenters. The fourth-order valence-electron chi connectivity index (χ4n) is 0.824. The summed E-state index contributed by atoms with van der Waals surface area (Å²) in [6.45, 7) is 0.513. The largest absolute Gasteiger partial charge is 0.343 e. The van der Waals surface area contributed by atoms with Gasteiger partial charge in [-0.3, -0.25) is 4.79 Å². The molecule has 0 radical (unpaired) electrons. The second-order valence-corrected chi connectivity index (χ2v) is 4.26. The maximum Gasteiger partial charge on any atom is 0.322 e. The minimum atomic E-state index is -0.573. The molecule has 13 heavy (non-hydrogen) atoms. The average Bonchev–Trinajstić information content (AvgIpc) is 2.51. The van der Waals surface area contributed by atoms with E-state index in [0.29, 0.717) is 6.54 Å². The van der Waals surface area contributed by atoms with Crippen molar-refractivity contribution < 1.29 is 4.79 Å². The van der Waals surface area contributed by atoms with Crippen molar-refractivity contribution in [3.63, 3.8) is 0 Å². The quantitative estimate of drug-likeness (QED) is 0.840. The Kier molecular flexibility index (Phi) is 3.93. The number of nitrogens with zero attached hydrogens (tertiary/aromatic N) is 1.